The second-order valence-corrected chi connectivity index (χ2v) is 8.42. The summed E-state index contributed by atoms with van der Waals surface area (Å²) in [5.74, 6) is 0.647. The Balaban J connectivity index is 1.39. The minimum absolute atomic E-state index is 0.0448. The highest BCUT2D eigenvalue weighted by molar-refractivity contribution is 5.90. The van der Waals surface area contributed by atoms with Gasteiger partial charge < -0.3 is 19.7 Å². The molecule has 0 unspecified atom stereocenters. The number of likely N-dealkylation sites (N-methyl/N-ethyl adjacent to an activating group) is 1. The molecule has 0 radical (unpaired) electrons. The van der Waals surface area contributed by atoms with Crippen molar-refractivity contribution in [1.29, 1.82) is 0 Å². The molecule has 2 aromatic carbocycles. The number of hydrogen-bond acceptors (Lipinski definition) is 5. The number of nitrogens with zero attached hydrogens (tertiary/aromatic N) is 3. The molecule has 35 heavy (non-hydrogen) atoms. The third-order valence-electron chi connectivity index (χ3n) is 5.36. The van der Waals surface area contributed by atoms with E-state index in [-0.39, 0.29) is 37.2 Å². The first-order chi connectivity index (χ1) is 16.7. The minimum Gasteiger partial charge on any atom is -0.492 e. The number of anilines is 1. The quantitative estimate of drug-likeness (QED) is 0.448. The molecular formula is C26H31FN4O4. The molecule has 1 aromatic heterocycles. The molecular weight excluding hydrogens is 451 g/mol. The van der Waals surface area contributed by atoms with E-state index in [0.29, 0.717) is 35.7 Å². The number of carbonyl (C=O) groups excluding carboxylic acids is 2. The highest BCUT2D eigenvalue weighted by atomic mass is 19.1. The maximum atomic E-state index is 13.4. The van der Waals surface area contributed by atoms with Gasteiger partial charge >= 0.3 is 0 Å². The van der Waals surface area contributed by atoms with Gasteiger partial charge in [-0.3, -0.25) is 14.3 Å². The van der Waals surface area contributed by atoms with Crippen molar-refractivity contribution in [3.8, 4) is 11.5 Å². The summed E-state index contributed by atoms with van der Waals surface area (Å²) in [5.41, 5.74) is 3.01. The summed E-state index contributed by atoms with van der Waals surface area (Å²) in [6, 6.07) is 10.5. The van der Waals surface area contributed by atoms with Crippen LogP contribution in [0.3, 0.4) is 0 Å². The number of halogens is 1. The zero-order valence-corrected chi connectivity index (χ0v) is 20.5. The number of benzene rings is 2. The van der Waals surface area contributed by atoms with Crippen LogP contribution in [0, 0.1) is 26.6 Å². The van der Waals surface area contributed by atoms with Crippen molar-refractivity contribution in [3.05, 3.63) is 71.3 Å². The molecule has 0 saturated heterocycles. The Morgan fingerprint density at radius 1 is 1.06 bits per heavy atom. The number of nitrogens with one attached hydrogen (secondary N) is 1. The Morgan fingerprint density at radius 3 is 2.43 bits per heavy atom. The predicted octanol–water partition coefficient (Wildman–Crippen LogP) is 3.89. The third kappa shape index (κ3) is 7.84. The van der Waals surface area contributed by atoms with Gasteiger partial charge in [-0.05, 0) is 56.2 Å². The van der Waals surface area contributed by atoms with E-state index < -0.39 is 0 Å². The van der Waals surface area contributed by atoms with E-state index in [0.717, 1.165) is 11.3 Å². The molecule has 1 heterocycles. The van der Waals surface area contributed by atoms with E-state index in [4.69, 9.17) is 9.47 Å². The van der Waals surface area contributed by atoms with E-state index in [1.807, 2.05) is 31.2 Å². The average molecular weight is 483 g/mol. The van der Waals surface area contributed by atoms with Crippen LogP contribution < -0.4 is 14.8 Å². The van der Waals surface area contributed by atoms with Crippen molar-refractivity contribution < 1.29 is 23.5 Å². The van der Waals surface area contributed by atoms with Crippen LogP contribution in [0.1, 0.15) is 23.1 Å². The number of carbonyl (C=O) groups is 2. The lowest BCUT2D eigenvalue weighted by molar-refractivity contribution is -0.131. The lowest BCUT2D eigenvalue weighted by Gasteiger charge is -2.17. The van der Waals surface area contributed by atoms with Crippen molar-refractivity contribution in [2.75, 3.05) is 32.1 Å². The number of aromatic nitrogens is 2. The highest BCUT2D eigenvalue weighted by Crippen LogP contribution is 2.24. The molecule has 0 atom stereocenters. The molecule has 186 valence electrons. The standard InChI is InChI=1S/C26H31FN4O4/c1-18-5-7-23(8-6-18)34-12-10-30(4)25(33)17-31-16-22(15-28-31)29-24(32)9-11-35-26-19(2)13-21(27)14-20(26)3/h5-8,13-16H,9-12,17H2,1-4H3,(H,29,32). The first kappa shape index (κ1) is 25.7. The molecule has 0 aliphatic rings. The molecule has 1 N–H and O–H groups in total. The predicted molar refractivity (Wildman–Crippen MR) is 131 cm³/mol. The molecule has 8 nitrogen and oxygen atoms in total. The van der Waals surface area contributed by atoms with Crippen molar-refractivity contribution in [1.82, 2.24) is 14.7 Å². The Hall–Kier alpha value is -3.88. The van der Waals surface area contributed by atoms with Gasteiger partial charge in [-0.2, -0.15) is 5.10 Å². The van der Waals surface area contributed by atoms with Gasteiger partial charge in [-0.1, -0.05) is 17.7 Å². The molecule has 0 aliphatic heterocycles. The van der Waals surface area contributed by atoms with Gasteiger partial charge in [0.25, 0.3) is 0 Å². The zero-order valence-electron chi connectivity index (χ0n) is 20.5. The molecule has 0 saturated carbocycles. The van der Waals surface area contributed by atoms with Crippen LogP contribution in [0.5, 0.6) is 11.5 Å². The molecule has 0 aliphatic carbocycles. The van der Waals surface area contributed by atoms with Gasteiger partial charge in [0.2, 0.25) is 11.8 Å². The lowest BCUT2D eigenvalue weighted by atomic mass is 10.1. The van der Waals surface area contributed by atoms with Gasteiger partial charge in [0, 0.05) is 13.2 Å². The van der Waals surface area contributed by atoms with Crippen LogP contribution in [0.25, 0.3) is 0 Å². The summed E-state index contributed by atoms with van der Waals surface area (Å²) >= 11 is 0. The third-order valence-corrected chi connectivity index (χ3v) is 5.36. The fourth-order valence-electron chi connectivity index (χ4n) is 3.43. The number of aryl methyl sites for hydroxylation is 3. The lowest BCUT2D eigenvalue weighted by Crippen LogP contribution is -2.33. The van der Waals surface area contributed by atoms with Gasteiger partial charge in [0.1, 0.15) is 30.5 Å². The van der Waals surface area contributed by atoms with Gasteiger partial charge in [-0.25, -0.2) is 4.39 Å². The second kappa shape index (κ2) is 12.0. The normalized spacial score (nSPS) is 10.7. The average Bonchev–Trinajstić information content (AvgIpc) is 3.23. The summed E-state index contributed by atoms with van der Waals surface area (Å²) < 4.78 is 26.2. The summed E-state index contributed by atoms with van der Waals surface area (Å²) in [5, 5.41) is 6.88. The van der Waals surface area contributed by atoms with Crippen molar-refractivity contribution in [2.45, 2.75) is 33.7 Å². The first-order valence-electron chi connectivity index (χ1n) is 11.4. The summed E-state index contributed by atoms with van der Waals surface area (Å²) in [4.78, 5) is 26.3. The van der Waals surface area contributed by atoms with E-state index in [2.05, 4.69) is 10.4 Å². The largest absolute Gasteiger partial charge is 0.492 e. The van der Waals surface area contributed by atoms with Crippen molar-refractivity contribution >= 4 is 17.5 Å². The topological polar surface area (TPSA) is 85.7 Å². The molecule has 3 rings (SSSR count). The molecule has 3 aromatic rings. The van der Waals surface area contributed by atoms with E-state index in [1.54, 1.807) is 32.0 Å². The Bertz CT molecular complexity index is 1140. The van der Waals surface area contributed by atoms with E-state index >= 15 is 0 Å². The molecule has 0 spiro atoms. The molecule has 9 heteroatoms. The maximum absolute atomic E-state index is 13.4. The number of ether oxygens (including phenoxy) is 2. The Labute approximate surface area is 204 Å². The molecule has 2 amide bonds. The molecule has 0 fully saturated rings. The summed E-state index contributed by atoms with van der Waals surface area (Å²) in [6.45, 7) is 6.54. The van der Waals surface area contributed by atoms with Gasteiger partial charge in [0.05, 0.1) is 31.5 Å². The number of amides is 2. The number of rotatable bonds is 11. The van der Waals surface area contributed by atoms with E-state index in [9.17, 15) is 14.0 Å². The summed E-state index contributed by atoms with van der Waals surface area (Å²) in [7, 11) is 1.71. The van der Waals surface area contributed by atoms with Gasteiger partial charge in [0.15, 0.2) is 0 Å². The van der Waals surface area contributed by atoms with Crippen LogP contribution in [-0.4, -0.2) is 53.3 Å². The van der Waals surface area contributed by atoms with Crippen molar-refractivity contribution in [3.63, 3.8) is 0 Å². The number of hydrogen-bond donors (Lipinski definition) is 1. The van der Waals surface area contributed by atoms with E-state index in [1.165, 1.54) is 23.0 Å². The van der Waals surface area contributed by atoms with Crippen molar-refractivity contribution in [2.24, 2.45) is 0 Å². The maximum Gasteiger partial charge on any atom is 0.244 e. The van der Waals surface area contributed by atoms with Crippen LogP contribution in [0.4, 0.5) is 10.1 Å². The smallest absolute Gasteiger partial charge is 0.244 e. The fraction of sp³-hybridized carbons (Fsp3) is 0.346. The second-order valence-electron chi connectivity index (χ2n) is 8.42. The monoisotopic (exact) mass is 482 g/mol. The Morgan fingerprint density at radius 2 is 1.74 bits per heavy atom. The van der Waals surface area contributed by atoms with Crippen LogP contribution in [0.15, 0.2) is 48.8 Å². The zero-order chi connectivity index (χ0) is 25.4. The minimum atomic E-state index is -0.317. The molecule has 0 bridgehead atoms. The van der Waals surface area contributed by atoms with Crippen LogP contribution in [-0.2, 0) is 16.1 Å². The summed E-state index contributed by atoms with van der Waals surface area (Å²) in [6.07, 6.45) is 3.20. The van der Waals surface area contributed by atoms with Crippen LogP contribution in [0.2, 0.25) is 0 Å². The van der Waals surface area contributed by atoms with Crippen LogP contribution >= 0.6 is 0 Å². The SMILES string of the molecule is Cc1ccc(OCCN(C)C(=O)Cn2cc(NC(=O)CCOc3c(C)cc(F)cc3C)cn2)cc1. The fourth-order valence-corrected chi connectivity index (χ4v) is 3.43. The van der Waals surface area contributed by atoms with Gasteiger partial charge in [-0.15, -0.1) is 0 Å². The highest BCUT2D eigenvalue weighted by Gasteiger charge is 2.12. The first-order valence-corrected chi connectivity index (χ1v) is 11.4. The Kier molecular flexibility index (Phi) is 8.83.